The number of benzene rings is 1. The first-order valence-corrected chi connectivity index (χ1v) is 6.65. The van der Waals surface area contributed by atoms with Gasteiger partial charge in [-0.05, 0) is 31.9 Å². The third-order valence-electron chi connectivity index (χ3n) is 3.32. The van der Waals surface area contributed by atoms with E-state index in [1.165, 1.54) is 5.56 Å². The van der Waals surface area contributed by atoms with Gasteiger partial charge in [-0.25, -0.2) is 0 Å². The third-order valence-corrected chi connectivity index (χ3v) is 3.32. The molecule has 0 spiro atoms. The van der Waals surface area contributed by atoms with E-state index in [0.29, 0.717) is 12.6 Å². The number of nitrogens with zero attached hydrogens (tertiary/aromatic N) is 1. The highest BCUT2D eigenvalue weighted by molar-refractivity contribution is 5.94. The van der Waals surface area contributed by atoms with Crippen LogP contribution in [-0.2, 0) is 4.79 Å². The second kappa shape index (κ2) is 7.17. The lowest BCUT2D eigenvalue weighted by atomic mass is 10.2. The lowest BCUT2D eigenvalue weighted by molar-refractivity contribution is -0.117. The molecule has 1 amide bonds. The van der Waals surface area contributed by atoms with Crippen LogP contribution in [0.2, 0.25) is 0 Å². The zero-order chi connectivity index (χ0) is 13.5. The normalized spacial score (nSPS) is 10.7. The lowest BCUT2D eigenvalue weighted by Crippen LogP contribution is -2.39. The summed E-state index contributed by atoms with van der Waals surface area (Å²) < 4.78 is 0. The van der Waals surface area contributed by atoms with Crippen molar-refractivity contribution >= 4 is 11.6 Å². The van der Waals surface area contributed by atoms with E-state index in [0.717, 1.165) is 18.5 Å². The maximum Gasteiger partial charge on any atom is 0.240 e. The van der Waals surface area contributed by atoms with Crippen molar-refractivity contribution < 1.29 is 4.79 Å². The Morgan fingerprint density at radius 2 is 1.78 bits per heavy atom. The van der Waals surface area contributed by atoms with Gasteiger partial charge in [0.15, 0.2) is 0 Å². The van der Waals surface area contributed by atoms with Crippen molar-refractivity contribution in [2.75, 3.05) is 18.5 Å². The average molecular weight is 248 g/mol. The minimum absolute atomic E-state index is 0.103. The Hall–Kier alpha value is -1.35. The molecular formula is C15H24N2O. The molecule has 100 valence electrons. The monoisotopic (exact) mass is 248 g/mol. The zero-order valence-corrected chi connectivity index (χ0v) is 11.9. The van der Waals surface area contributed by atoms with Crippen molar-refractivity contribution in [2.45, 2.75) is 39.7 Å². The quantitative estimate of drug-likeness (QED) is 0.839. The molecule has 0 atom stereocenters. The molecule has 1 aromatic rings. The van der Waals surface area contributed by atoms with E-state index >= 15 is 0 Å². The molecule has 1 aromatic carbocycles. The highest BCUT2D eigenvalue weighted by atomic mass is 16.2. The van der Waals surface area contributed by atoms with Gasteiger partial charge in [0.2, 0.25) is 5.91 Å². The predicted octanol–water partition coefficient (Wildman–Crippen LogP) is 2.74. The van der Waals surface area contributed by atoms with Gasteiger partial charge >= 0.3 is 0 Å². The SMILES string of the molecule is CCC(CC)NCC(=O)N(C)c1ccc(C)cc1. The van der Waals surface area contributed by atoms with Crippen LogP contribution in [0.4, 0.5) is 5.69 Å². The maximum atomic E-state index is 12.0. The fourth-order valence-corrected chi connectivity index (χ4v) is 1.84. The molecule has 0 heterocycles. The van der Waals surface area contributed by atoms with Gasteiger partial charge in [-0.1, -0.05) is 31.5 Å². The van der Waals surface area contributed by atoms with E-state index < -0.39 is 0 Å². The van der Waals surface area contributed by atoms with Crippen LogP contribution in [0.3, 0.4) is 0 Å². The summed E-state index contributed by atoms with van der Waals surface area (Å²) in [7, 11) is 1.82. The van der Waals surface area contributed by atoms with Crippen molar-refractivity contribution in [1.82, 2.24) is 5.32 Å². The van der Waals surface area contributed by atoms with Crippen molar-refractivity contribution in [3.63, 3.8) is 0 Å². The predicted molar refractivity (Wildman–Crippen MR) is 77.0 cm³/mol. The Bertz CT molecular complexity index is 369. The highest BCUT2D eigenvalue weighted by Gasteiger charge is 2.12. The number of carbonyl (C=O) groups excluding carboxylic acids is 1. The number of hydrogen-bond acceptors (Lipinski definition) is 2. The molecule has 0 fully saturated rings. The Labute approximate surface area is 110 Å². The Balaban J connectivity index is 2.53. The van der Waals surface area contributed by atoms with Crippen LogP contribution in [0, 0.1) is 6.92 Å². The summed E-state index contributed by atoms with van der Waals surface area (Å²) >= 11 is 0. The van der Waals surface area contributed by atoms with Gasteiger partial charge in [0.25, 0.3) is 0 Å². The molecule has 0 aliphatic heterocycles. The largest absolute Gasteiger partial charge is 0.314 e. The summed E-state index contributed by atoms with van der Waals surface area (Å²) in [5.41, 5.74) is 2.15. The number of rotatable bonds is 6. The summed E-state index contributed by atoms with van der Waals surface area (Å²) in [6.45, 7) is 6.71. The van der Waals surface area contributed by atoms with Crippen LogP contribution in [0.15, 0.2) is 24.3 Å². The second-order valence-electron chi connectivity index (χ2n) is 4.68. The first-order valence-electron chi connectivity index (χ1n) is 6.65. The molecule has 0 aromatic heterocycles. The van der Waals surface area contributed by atoms with Crippen molar-refractivity contribution in [1.29, 1.82) is 0 Å². The van der Waals surface area contributed by atoms with Gasteiger partial charge in [-0.3, -0.25) is 4.79 Å². The van der Waals surface area contributed by atoms with E-state index in [9.17, 15) is 4.79 Å². The lowest BCUT2D eigenvalue weighted by Gasteiger charge is -2.20. The second-order valence-corrected chi connectivity index (χ2v) is 4.68. The van der Waals surface area contributed by atoms with Crippen LogP contribution >= 0.6 is 0 Å². The summed E-state index contributed by atoms with van der Waals surface area (Å²) in [6, 6.07) is 8.43. The Morgan fingerprint density at radius 3 is 2.28 bits per heavy atom. The molecule has 0 saturated heterocycles. The molecule has 3 nitrogen and oxygen atoms in total. The van der Waals surface area contributed by atoms with Crippen LogP contribution in [0.25, 0.3) is 0 Å². The van der Waals surface area contributed by atoms with Gasteiger partial charge in [0.1, 0.15) is 0 Å². The number of amides is 1. The number of aryl methyl sites for hydroxylation is 1. The molecule has 0 aliphatic carbocycles. The topological polar surface area (TPSA) is 32.3 Å². The van der Waals surface area contributed by atoms with E-state index in [1.54, 1.807) is 4.90 Å². The van der Waals surface area contributed by atoms with Gasteiger partial charge < -0.3 is 10.2 Å². The van der Waals surface area contributed by atoms with Gasteiger partial charge in [-0.15, -0.1) is 0 Å². The number of likely N-dealkylation sites (N-methyl/N-ethyl adjacent to an activating group) is 1. The van der Waals surface area contributed by atoms with Crippen LogP contribution in [0.1, 0.15) is 32.3 Å². The van der Waals surface area contributed by atoms with Crippen LogP contribution in [-0.4, -0.2) is 25.5 Å². The highest BCUT2D eigenvalue weighted by Crippen LogP contribution is 2.13. The smallest absolute Gasteiger partial charge is 0.240 e. The zero-order valence-electron chi connectivity index (χ0n) is 11.9. The molecule has 1 rings (SSSR count). The first kappa shape index (κ1) is 14.7. The Kier molecular flexibility index (Phi) is 5.86. The Morgan fingerprint density at radius 1 is 1.22 bits per heavy atom. The number of carbonyl (C=O) groups is 1. The number of anilines is 1. The molecule has 1 N–H and O–H groups in total. The molecular weight excluding hydrogens is 224 g/mol. The van der Waals surface area contributed by atoms with Gasteiger partial charge in [-0.2, -0.15) is 0 Å². The van der Waals surface area contributed by atoms with E-state index in [1.807, 2.05) is 38.2 Å². The van der Waals surface area contributed by atoms with Crippen LogP contribution in [0.5, 0.6) is 0 Å². The standard InChI is InChI=1S/C15H24N2O/c1-5-13(6-2)16-11-15(18)17(4)14-9-7-12(3)8-10-14/h7-10,13,16H,5-6,11H2,1-4H3. The molecule has 0 radical (unpaired) electrons. The molecule has 18 heavy (non-hydrogen) atoms. The minimum atomic E-state index is 0.103. The fourth-order valence-electron chi connectivity index (χ4n) is 1.84. The summed E-state index contributed by atoms with van der Waals surface area (Å²) in [6.07, 6.45) is 2.11. The van der Waals surface area contributed by atoms with Crippen molar-refractivity contribution in [3.05, 3.63) is 29.8 Å². The molecule has 0 bridgehead atoms. The minimum Gasteiger partial charge on any atom is -0.314 e. The number of hydrogen-bond donors (Lipinski definition) is 1. The van der Waals surface area contributed by atoms with Crippen molar-refractivity contribution in [3.8, 4) is 0 Å². The van der Waals surface area contributed by atoms with E-state index in [2.05, 4.69) is 19.2 Å². The van der Waals surface area contributed by atoms with Gasteiger partial charge in [0.05, 0.1) is 6.54 Å². The van der Waals surface area contributed by atoms with Crippen LogP contribution < -0.4 is 10.2 Å². The van der Waals surface area contributed by atoms with E-state index in [4.69, 9.17) is 0 Å². The van der Waals surface area contributed by atoms with Crippen molar-refractivity contribution in [2.24, 2.45) is 0 Å². The summed E-state index contributed by atoms with van der Waals surface area (Å²) in [4.78, 5) is 13.7. The number of nitrogens with one attached hydrogen (secondary N) is 1. The fraction of sp³-hybridized carbons (Fsp3) is 0.533. The molecule has 3 heteroatoms. The molecule has 0 unspecified atom stereocenters. The molecule has 0 saturated carbocycles. The third kappa shape index (κ3) is 4.15. The summed E-state index contributed by atoms with van der Waals surface area (Å²) in [5.74, 6) is 0.103. The maximum absolute atomic E-state index is 12.0. The van der Waals surface area contributed by atoms with E-state index in [-0.39, 0.29) is 5.91 Å². The average Bonchev–Trinajstić information content (AvgIpc) is 2.39. The first-order chi connectivity index (χ1) is 8.58. The van der Waals surface area contributed by atoms with Gasteiger partial charge in [0, 0.05) is 18.8 Å². The molecule has 0 aliphatic rings. The summed E-state index contributed by atoms with van der Waals surface area (Å²) in [5, 5.41) is 3.29.